The summed E-state index contributed by atoms with van der Waals surface area (Å²) >= 11 is 3.54. The molecule has 0 aliphatic rings. The molecule has 7 aromatic carbocycles. The highest BCUT2D eigenvalue weighted by Crippen LogP contribution is 2.44. The van der Waals surface area contributed by atoms with E-state index in [0.29, 0.717) is 28.9 Å². The van der Waals surface area contributed by atoms with Crippen LogP contribution < -0.4 is 0 Å². The lowest BCUT2D eigenvalue weighted by Gasteiger charge is -2.10. The Morgan fingerprint density at radius 2 is 1.00 bits per heavy atom. The third-order valence-electron chi connectivity index (χ3n) is 10.6. The van der Waals surface area contributed by atoms with Crippen molar-refractivity contribution in [2.45, 2.75) is 0 Å². The van der Waals surface area contributed by atoms with Gasteiger partial charge in [-0.1, -0.05) is 121 Å². The van der Waals surface area contributed by atoms with Crippen LogP contribution in [0.2, 0.25) is 0 Å². The van der Waals surface area contributed by atoms with Crippen molar-refractivity contribution in [2.24, 2.45) is 0 Å². The molecule has 0 amide bonds. The predicted molar refractivity (Wildman–Crippen MR) is 236 cm³/mol. The molecule has 5 aromatic heterocycles. The van der Waals surface area contributed by atoms with Gasteiger partial charge in [0.25, 0.3) is 0 Å². The molecule has 0 fully saturated rings. The topological polar surface area (TPSA) is 77.6 Å². The molecular formula is C49H27N5OS2. The zero-order chi connectivity index (χ0) is 37.5. The highest BCUT2D eigenvalue weighted by molar-refractivity contribution is 7.26. The fraction of sp³-hybridized carbons (Fsp3) is 0. The number of para-hydroxylation sites is 1. The third kappa shape index (κ3) is 5.19. The summed E-state index contributed by atoms with van der Waals surface area (Å²) in [7, 11) is 0. The van der Waals surface area contributed by atoms with Crippen molar-refractivity contribution in [3.8, 4) is 56.8 Å². The van der Waals surface area contributed by atoms with Crippen molar-refractivity contribution in [3.05, 3.63) is 164 Å². The van der Waals surface area contributed by atoms with E-state index >= 15 is 0 Å². The van der Waals surface area contributed by atoms with Gasteiger partial charge in [0.15, 0.2) is 28.9 Å². The first kappa shape index (κ1) is 32.1. The van der Waals surface area contributed by atoms with Crippen molar-refractivity contribution >= 4 is 85.1 Å². The van der Waals surface area contributed by atoms with Gasteiger partial charge in [0.2, 0.25) is 0 Å². The number of benzene rings is 7. The van der Waals surface area contributed by atoms with Gasteiger partial charge in [-0.2, -0.15) is 0 Å². The van der Waals surface area contributed by atoms with Crippen LogP contribution in [0.3, 0.4) is 0 Å². The quantitative estimate of drug-likeness (QED) is 0.174. The van der Waals surface area contributed by atoms with Crippen LogP contribution in [-0.4, -0.2) is 24.9 Å². The van der Waals surface area contributed by atoms with Gasteiger partial charge in [-0.3, -0.25) is 0 Å². The van der Waals surface area contributed by atoms with E-state index in [4.69, 9.17) is 29.3 Å². The highest BCUT2D eigenvalue weighted by atomic mass is 32.1. The Labute approximate surface area is 333 Å². The van der Waals surface area contributed by atoms with Crippen molar-refractivity contribution < 1.29 is 4.42 Å². The van der Waals surface area contributed by atoms with Crippen LogP contribution in [0.25, 0.3) is 119 Å². The van der Waals surface area contributed by atoms with Crippen LogP contribution in [0.1, 0.15) is 0 Å². The average molecular weight is 766 g/mol. The van der Waals surface area contributed by atoms with E-state index in [1.807, 2.05) is 78.9 Å². The Kier molecular flexibility index (Phi) is 7.17. The molecule has 0 saturated heterocycles. The fourth-order valence-electron chi connectivity index (χ4n) is 7.92. The monoisotopic (exact) mass is 765 g/mol. The Morgan fingerprint density at radius 1 is 0.386 bits per heavy atom. The summed E-state index contributed by atoms with van der Waals surface area (Å²) < 4.78 is 11.3. The third-order valence-corrected chi connectivity index (χ3v) is 12.9. The first-order valence-corrected chi connectivity index (χ1v) is 20.3. The van der Waals surface area contributed by atoms with Gasteiger partial charge in [-0.05, 0) is 42.5 Å². The van der Waals surface area contributed by atoms with Gasteiger partial charge < -0.3 is 4.42 Å². The number of fused-ring (bicyclic) bond motifs is 9. The van der Waals surface area contributed by atoms with E-state index in [9.17, 15) is 0 Å². The lowest BCUT2D eigenvalue weighted by molar-refractivity contribution is 0.667. The van der Waals surface area contributed by atoms with Gasteiger partial charge in [0.1, 0.15) is 16.8 Å². The zero-order valence-electron chi connectivity index (χ0n) is 30.0. The van der Waals surface area contributed by atoms with E-state index in [-0.39, 0.29) is 0 Å². The molecule has 0 aliphatic heterocycles. The number of nitrogens with zero attached hydrogens (tertiary/aromatic N) is 5. The van der Waals surface area contributed by atoms with Gasteiger partial charge in [-0.25, -0.2) is 24.9 Å². The van der Waals surface area contributed by atoms with Crippen LogP contribution in [-0.2, 0) is 0 Å². The van der Waals surface area contributed by atoms with Crippen LogP contribution in [0.5, 0.6) is 0 Å². The highest BCUT2D eigenvalue weighted by Gasteiger charge is 2.22. The maximum Gasteiger partial charge on any atom is 0.180 e. The molecule has 0 aliphatic carbocycles. The van der Waals surface area contributed by atoms with Crippen LogP contribution in [0.4, 0.5) is 0 Å². The van der Waals surface area contributed by atoms with E-state index in [1.54, 1.807) is 22.7 Å². The summed E-state index contributed by atoms with van der Waals surface area (Å²) in [5, 5.41) is 5.60. The summed E-state index contributed by atoms with van der Waals surface area (Å²) in [6.45, 7) is 0. The van der Waals surface area contributed by atoms with Crippen LogP contribution >= 0.6 is 22.7 Å². The Hall–Kier alpha value is -7.13. The molecule has 6 nitrogen and oxygen atoms in total. The van der Waals surface area contributed by atoms with Crippen molar-refractivity contribution in [2.75, 3.05) is 0 Å². The molecule has 0 spiro atoms. The summed E-state index contributed by atoms with van der Waals surface area (Å²) in [5.41, 5.74) is 7.76. The molecule has 266 valence electrons. The Morgan fingerprint density at radius 3 is 1.81 bits per heavy atom. The number of thiophene rings is 2. The maximum absolute atomic E-state index is 6.60. The molecule has 12 rings (SSSR count). The average Bonchev–Trinajstić information content (AvgIpc) is 3.98. The number of aromatic nitrogens is 5. The Balaban J connectivity index is 1.10. The van der Waals surface area contributed by atoms with Gasteiger partial charge in [0.05, 0.1) is 0 Å². The smallest absolute Gasteiger partial charge is 0.180 e. The molecule has 0 bridgehead atoms. The van der Waals surface area contributed by atoms with Crippen molar-refractivity contribution in [3.63, 3.8) is 0 Å². The number of furan rings is 1. The van der Waals surface area contributed by atoms with E-state index in [2.05, 4.69) is 84.9 Å². The molecule has 8 heteroatoms. The van der Waals surface area contributed by atoms with Gasteiger partial charge >= 0.3 is 0 Å². The van der Waals surface area contributed by atoms with Gasteiger partial charge in [0, 0.05) is 73.5 Å². The lowest BCUT2D eigenvalue weighted by atomic mass is 10.0. The summed E-state index contributed by atoms with van der Waals surface area (Å²) in [6.07, 6.45) is 0. The molecule has 57 heavy (non-hydrogen) atoms. The first-order valence-electron chi connectivity index (χ1n) is 18.7. The van der Waals surface area contributed by atoms with Crippen molar-refractivity contribution in [1.29, 1.82) is 0 Å². The summed E-state index contributed by atoms with van der Waals surface area (Å²) in [5.74, 6) is 2.56. The van der Waals surface area contributed by atoms with Crippen molar-refractivity contribution in [1.82, 2.24) is 24.9 Å². The lowest BCUT2D eigenvalue weighted by Crippen LogP contribution is -2.00. The number of hydrogen-bond donors (Lipinski definition) is 0. The van der Waals surface area contributed by atoms with Crippen LogP contribution in [0.15, 0.2) is 168 Å². The molecule has 0 radical (unpaired) electrons. The zero-order valence-corrected chi connectivity index (χ0v) is 31.7. The van der Waals surface area contributed by atoms with E-state index < -0.39 is 0 Å². The second-order valence-electron chi connectivity index (χ2n) is 14.0. The molecule has 5 heterocycles. The second-order valence-corrected chi connectivity index (χ2v) is 16.1. The molecule has 0 N–H and O–H groups in total. The first-order chi connectivity index (χ1) is 28.2. The summed E-state index contributed by atoms with van der Waals surface area (Å²) in [6, 6.07) is 56.3. The minimum Gasteiger partial charge on any atom is -0.452 e. The fourth-order valence-corrected chi connectivity index (χ4v) is 10.2. The largest absolute Gasteiger partial charge is 0.452 e. The molecular weight excluding hydrogens is 739 g/mol. The normalized spacial score (nSPS) is 11.9. The number of hydrogen-bond acceptors (Lipinski definition) is 8. The van der Waals surface area contributed by atoms with Gasteiger partial charge in [-0.15, -0.1) is 22.7 Å². The molecule has 0 unspecified atom stereocenters. The standard InChI is InChI=1S/C49H27N5OS2/c1-3-13-28(14-4-1)46-52-47(29-15-5-2-6-16-29)54-48(53-46)34-20-12-24-40-41(34)36-27-30(25-26-39(36)56-40)42-44-43(33-18-7-9-22-37(33)55-44)51-49(50-42)35-21-11-19-32-31-17-8-10-23-38(31)57-45(32)35/h1-27H. The summed E-state index contributed by atoms with van der Waals surface area (Å²) in [4.78, 5) is 25.8. The molecule has 0 saturated carbocycles. The Bertz CT molecular complexity index is 3480. The van der Waals surface area contributed by atoms with E-state index in [0.717, 1.165) is 70.2 Å². The van der Waals surface area contributed by atoms with E-state index in [1.165, 1.54) is 20.2 Å². The molecule has 0 atom stereocenters. The predicted octanol–water partition coefficient (Wildman–Crippen LogP) is 13.6. The number of rotatable bonds is 5. The maximum atomic E-state index is 6.60. The second kappa shape index (κ2) is 12.7. The minimum absolute atomic E-state index is 0.624. The minimum atomic E-state index is 0.624. The van der Waals surface area contributed by atoms with Crippen LogP contribution in [0, 0.1) is 0 Å². The molecule has 12 aromatic rings. The SMILES string of the molecule is c1ccc(-c2nc(-c3ccccc3)nc(-c3cccc4sc5ccc(-c6nc(-c7cccc8c7sc7ccccc78)nc7c6oc6ccccc67)cc5c34)n2)cc1.